The molecule has 0 bridgehead atoms. The number of hydrogen-bond donors (Lipinski definition) is 3. The van der Waals surface area contributed by atoms with E-state index in [1.807, 2.05) is 26.8 Å². The summed E-state index contributed by atoms with van der Waals surface area (Å²) in [6.07, 6.45) is 1.71. The molecule has 3 N–H and O–H groups in total. The van der Waals surface area contributed by atoms with Crippen LogP contribution in [0.25, 0.3) is 0 Å². The predicted octanol–water partition coefficient (Wildman–Crippen LogP) is 5.76. The number of ether oxygens (including phenoxy) is 3. The number of rotatable bonds is 12. The van der Waals surface area contributed by atoms with Gasteiger partial charge in [-0.05, 0) is 74.2 Å². The Hall–Kier alpha value is -4.77. The molecule has 0 unspecified atom stereocenters. The highest BCUT2D eigenvalue weighted by Crippen LogP contribution is 2.32. The van der Waals surface area contributed by atoms with Crippen molar-refractivity contribution in [2.75, 3.05) is 26.3 Å². The summed E-state index contributed by atoms with van der Waals surface area (Å²) in [5.74, 6) is 0.0474. The van der Waals surface area contributed by atoms with Crippen LogP contribution >= 0.6 is 11.6 Å². The lowest BCUT2D eigenvalue weighted by molar-refractivity contribution is -0.137. The number of halogens is 1. The summed E-state index contributed by atoms with van der Waals surface area (Å²) in [6.45, 7) is 8.76. The molecule has 0 saturated heterocycles. The Morgan fingerprint density at radius 3 is 2.40 bits per heavy atom. The first-order chi connectivity index (χ1) is 24.0. The molecule has 3 atom stereocenters. The quantitative estimate of drug-likeness (QED) is 0.218. The Morgan fingerprint density at radius 2 is 1.68 bits per heavy atom. The van der Waals surface area contributed by atoms with Gasteiger partial charge in [0.05, 0.1) is 24.6 Å². The highest BCUT2D eigenvalue weighted by Gasteiger charge is 2.31. The normalized spacial score (nSPS) is 17.8. The summed E-state index contributed by atoms with van der Waals surface area (Å²) < 4.78 is 18.0. The number of amides is 4. The summed E-state index contributed by atoms with van der Waals surface area (Å²) in [4.78, 5) is 56.2. The molecule has 0 saturated carbocycles. The highest BCUT2D eigenvalue weighted by atomic mass is 35.5. The SMILES string of the molecule is CCCCN1CCOc2ccccc2C(=O)N[C@@H](C(=O)N[C@H](C)COc2ccccc2Oc2ccc(Cl)cc2)CC(=O)N[C@@H](CC(C)C)C1=O. The summed E-state index contributed by atoms with van der Waals surface area (Å²) in [5, 5.41) is 9.02. The summed E-state index contributed by atoms with van der Waals surface area (Å²) >= 11 is 5.99. The average Bonchev–Trinajstić information content (AvgIpc) is 3.09. The van der Waals surface area contributed by atoms with E-state index in [0.29, 0.717) is 47.5 Å². The average molecular weight is 707 g/mol. The molecule has 3 aromatic rings. The van der Waals surface area contributed by atoms with Crippen LogP contribution in [-0.4, -0.2) is 73.0 Å². The van der Waals surface area contributed by atoms with Crippen molar-refractivity contribution in [2.24, 2.45) is 5.92 Å². The van der Waals surface area contributed by atoms with Gasteiger partial charge in [0.15, 0.2) is 11.5 Å². The van der Waals surface area contributed by atoms with E-state index in [1.54, 1.807) is 78.6 Å². The van der Waals surface area contributed by atoms with Crippen molar-refractivity contribution in [1.29, 1.82) is 0 Å². The maximum Gasteiger partial charge on any atom is 0.255 e. The molecular weight excluding hydrogens is 660 g/mol. The largest absolute Gasteiger partial charge is 0.491 e. The molecule has 0 aliphatic carbocycles. The topological polar surface area (TPSA) is 135 Å². The molecule has 0 aromatic heterocycles. The third-order valence-corrected chi connectivity index (χ3v) is 8.22. The number of carbonyl (C=O) groups excluding carboxylic acids is 4. The van der Waals surface area contributed by atoms with E-state index in [4.69, 9.17) is 25.8 Å². The molecule has 1 aliphatic heterocycles. The summed E-state index contributed by atoms with van der Waals surface area (Å²) in [6, 6.07) is 18.2. The lowest BCUT2D eigenvalue weighted by atomic mass is 10.0. The van der Waals surface area contributed by atoms with E-state index < -0.39 is 35.8 Å². The molecule has 0 fully saturated rings. The van der Waals surface area contributed by atoms with Crippen LogP contribution in [0.1, 0.15) is 63.7 Å². The van der Waals surface area contributed by atoms with Gasteiger partial charge in [-0.25, -0.2) is 0 Å². The summed E-state index contributed by atoms with van der Waals surface area (Å²) in [7, 11) is 0. The van der Waals surface area contributed by atoms with Crippen molar-refractivity contribution < 1.29 is 33.4 Å². The fourth-order valence-electron chi connectivity index (χ4n) is 5.41. The summed E-state index contributed by atoms with van der Waals surface area (Å²) in [5.41, 5.74) is 0.209. The van der Waals surface area contributed by atoms with Crippen LogP contribution < -0.4 is 30.2 Å². The zero-order chi connectivity index (χ0) is 36.0. The standard InChI is InChI=1S/C38H47ClN4O7/c1-5-6-19-43-20-21-48-32-12-8-7-11-29(32)36(45)42-30(23-35(44)41-31(38(43)47)22-25(2)3)37(46)40-26(4)24-49-33-13-9-10-14-34(33)50-28-17-15-27(39)16-18-28/h7-18,25-26,30-31H,5-6,19-24H2,1-4H3,(H,40,46)(H,41,44)(H,42,45)/t26-,30-,31+/m1/s1. The molecule has 1 aliphatic rings. The number of benzene rings is 3. The van der Waals surface area contributed by atoms with Crippen molar-refractivity contribution in [2.45, 2.75) is 71.5 Å². The Labute approximate surface area is 299 Å². The fraction of sp³-hybridized carbons (Fsp3) is 0.421. The minimum Gasteiger partial charge on any atom is -0.491 e. The number of nitrogens with zero attached hydrogens (tertiary/aromatic N) is 1. The zero-order valence-corrected chi connectivity index (χ0v) is 29.8. The fourth-order valence-corrected chi connectivity index (χ4v) is 5.53. The molecule has 0 radical (unpaired) electrons. The molecule has 0 spiro atoms. The van der Waals surface area contributed by atoms with Crippen LogP contribution in [0, 0.1) is 5.92 Å². The lowest BCUT2D eigenvalue weighted by Gasteiger charge is -2.30. The van der Waals surface area contributed by atoms with E-state index in [2.05, 4.69) is 16.0 Å². The molecule has 4 amide bonds. The van der Waals surface area contributed by atoms with Crippen molar-refractivity contribution in [3.63, 3.8) is 0 Å². The Morgan fingerprint density at radius 1 is 0.980 bits per heavy atom. The first kappa shape index (κ1) is 38.0. The van der Waals surface area contributed by atoms with Gasteiger partial charge in [-0.3, -0.25) is 19.2 Å². The number of unbranched alkanes of at least 4 members (excludes halogenated alkanes) is 1. The number of para-hydroxylation sites is 3. The second kappa shape index (κ2) is 18.8. The first-order valence-electron chi connectivity index (χ1n) is 17.1. The predicted molar refractivity (Wildman–Crippen MR) is 192 cm³/mol. The van der Waals surface area contributed by atoms with Crippen LogP contribution in [0.4, 0.5) is 0 Å². The van der Waals surface area contributed by atoms with Gasteiger partial charge in [-0.15, -0.1) is 0 Å². The molecule has 50 heavy (non-hydrogen) atoms. The first-order valence-corrected chi connectivity index (χ1v) is 17.5. The second-order valence-electron chi connectivity index (χ2n) is 12.7. The van der Waals surface area contributed by atoms with Gasteiger partial charge in [0.25, 0.3) is 5.91 Å². The maximum absolute atomic E-state index is 13.8. The van der Waals surface area contributed by atoms with Gasteiger partial charge < -0.3 is 35.1 Å². The molecule has 268 valence electrons. The number of carbonyl (C=O) groups is 4. The third kappa shape index (κ3) is 11.4. The van der Waals surface area contributed by atoms with Gasteiger partial charge in [0, 0.05) is 11.6 Å². The van der Waals surface area contributed by atoms with E-state index in [9.17, 15) is 19.2 Å². The number of nitrogens with one attached hydrogen (secondary N) is 3. The van der Waals surface area contributed by atoms with Crippen molar-refractivity contribution in [3.8, 4) is 23.0 Å². The Bertz CT molecular complexity index is 1600. The third-order valence-electron chi connectivity index (χ3n) is 7.96. The molecule has 12 heteroatoms. The van der Waals surface area contributed by atoms with Crippen LogP contribution in [0.2, 0.25) is 5.02 Å². The Kier molecular flexibility index (Phi) is 14.3. The highest BCUT2D eigenvalue weighted by molar-refractivity contribution is 6.30. The number of fused-ring (bicyclic) bond motifs is 1. The maximum atomic E-state index is 13.8. The van der Waals surface area contributed by atoms with Gasteiger partial charge in [-0.1, -0.05) is 63.1 Å². The second-order valence-corrected chi connectivity index (χ2v) is 13.2. The van der Waals surface area contributed by atoms with Crippen LogP contribution in [0.15, 0.2) is 72.8 Å². The van der Waals surface area contributed by atoms with E-state index in [-0.39, 0.29) is 37.0 Å². The zero-order valence-electron chi connectivity index (χ0n) is 29.1. The van der Waals surface area contributed by atoms with E-state index in [0.717, 1.165) is 12.8 Å². The smallest absolute Gasteiger partial charge is 0.255 e. The minimum absolute atomic E-state index is 0.0643. The minimum atomic E-state index is -1.26. The number of hydrogen-bond acceptors (Lipinski definition) is 7. The van der Waals surface area contributed by atoms with Crippen molar-refractivity contribution in [1.82, 2.24) is 20.9 Å². The molecule has 4 rings (SSSR count). The molecule has 3 aromatic carbocycles. The van der Waals surface area contributed by atoms with Gasteiger partial charge in [0.2, 0.25) is 17.7 Å². The van der Waals surface area contributed by atoms with Crippen LogP contribution in [0.3, 0.4) is 0 Å². The van der Waals surface area contributed by atoms with Gasteiger partial charge in [0.1, 0.15) is 36.8 Å². The van der Waals surface area contributed by atoms with Gasteiger partial charge >= 0.3 is 0 Å². The van der Waals surface area contributed by atoms with Crippen LogP contribution in [-0.2, 0) is 14.4 Å². The van der Waals surface area contributed by atoms with Crippen molar-refractivity contribution in [3.05, 3.63) is 83.4 Å². The molecular formula is C38H47ClN4O7. The van der Waals surface area contributed by atoms with Crippen molar-refractivity contribution >= 4 is 35.2 Å². The molecule has 11 nitrogen and oxygen atoms in total. The Balaban J connectivity index is 1.51. The monoisotopic (exact) mass is 706 g/mol. The van der Waals surface area contributed by atoms with E-state index >= 15 is 0 Å². The lowest BCUT2D eigenvalue weighted by Crippen LogP contribution is -2.54. The van der Waals surface area contributed by atoms with Gasteiger partial charge in [-0.2, -0.15) is 0 Å². The van der Waals surface area contributed by atoms with Crippen LogP contribution in [0.5, 0.6) is 23.0 Å². The van der Waals surface area contributed by atoms with E-state index in [1.165, 1.54) is 0 Å². The molecule has 1 heterocycles.